The summed E-state index contributed by atoms with van der Waals surface area (Å²) in [6, 6.07) is 26.2. The summed E-state index contributed by atoms with van der Waals surface area (Å²) in [5.74, 6) is -0.756. The Bertz CT molecular complexity index is 1720. The number of halogens is 1. The van der Waals surface area contributed by atoms with Crippen molar-refractivity contribution < 1.29 is 31.9 Å². The normalized spacial score (nSPS) is 11.7. The number of benzene rings is 4. The lowest BCUT2D eigenvalue weighted by molar-refractivity contribution is -0.140. The van der Waals surface area contributed by atoms with E-state index in [1.807, 2.05) is 37.3 Å². The Morgan fingerprint density at radius 1 is 0.830 bits per heavy atom. The molecule has 0 fully saturated rings. The molecule has 0 aliphatic rings. The average molecular weight is 662 g/mol. The van der Waals surface area contributed by atoms with Gasteiger partial charge in [-0.15, -0.1) is 0 Å². The maximum Gasteiger partial charge on any atom is 0.264 e. The second-order valence-electron chi connectivity index (χ2n) is 10.9. The Kier molecular flexibility index (Phi) is 12.3. The third-order valence-electron chi connectivity index (χ3n) is 7.65. The van der Waals surface area contributed by atoms with Crippen molar-refractivity contribution in [3.63, 3.8) is 0 Å². The molecule has 0 saturated heterocycles. The zero-order chi connectivity index (χ0) is 33.8. The number of unbranched alkanes of at least 4 members (excludes halogenated alkanes) is 1. The summed E-state index contributed by atoms with van der Waals surface area (Å²) in [7, 11) is -1.45. The van der Waals surface area contributed by atoms with Gasteiger partial charge in [-0.2, -0.15) is 0 Å². The van der Waals surface area contributed by atoms with Crippen LogP contribution in [0.25, 0.3) is 0 Å². The van der Waals surface area contributed by atoms with Crippen molar-refractivity contribution in [1.82, 2.24) is 10.2 Å². The monoisotopic (exact) mass is 661 g/mol. The average Bonchev–Trinajstić information content (AvgIpc) is 3.09. The number of para-hydroxylation sites is 2. The summed E-state index contributed by atoms with van der Waals surface area (Å²) in [6.07, 6.45) is 1.78. The molecule has 0 aromatic heterocycles. The molecule has 0 aliphatic heterocycles. The highest BCUT2D eigenvalue weighted by Crippen LogP contribution is 2.33. The Labute approximate surface area is 276 Å². The van der Waals surface area contributed by atoms with Gasteiger partial charge in [-0.25, -0.2) is 12.8 Å². The molecule has 0 heterocycles. The van der Waals surface area contributed by atoms with E-state index in [4.69, 9.17) is 9.47 Å². The van der Waals surface area contributed by atoms with E-state index in [0.717, 1.165) is 22.7 Å². The summed E-state index contributed by atoms with van der Waals surface area (Å²) in [4.78, 5) is 29.7. The fourth-order valence-electron chi connectivity index (χ4n) is 5.07. The van der Waals surface area contributed by atoms with Gasteiger partial charge in [0.25, 0.3) is 10.0 Å². The van der Waals surface area contributed by atoms with Crippen LogP contribution >= 0.6 is 0 Å². The van der Waals surface area contributed by atoms with Crippen molar-refractivity contribution in [1.29, 1.82) is 0 Å². The van der Waals surface area contributed by atoms with Gasteiger partial charge in [0.05, 0.1) is 24.8 Å². The van der Waals surface area contributed by atoms with Gasteiger partial charge in [-0.3, -0.25) is 13.9 Å². The molecule has 0 bridgehead atoms. The maximum absolute atomic E-state index is 14.5. The quantitative estimate of drug-likeness (QED) is 0.157. The third-order valence-corrected chi connectivity index (χ3v) is 9.42. The van der Waals surface area contributed by atoms with Gasteiger partial charge in [0, 0.05) is 19.5 Å². The first-order chi connectivity index (χ1) is 22.7. The molecular formula is C36H40FN3O6S. The first kappa shape index (κ1) is 35.0. The molecule has 4 rings (SSSR count). The van der Waals surface area contributed by atoms with E-state index in [9.17, 15) is 22.4 Å². The van der Waals surface area contributed by atoms with Crippen LogP contribution in [0, 0.1) is 5.82 Å². The minimum Gasteiger partial charge on any atom is -0.497 e. The van der Waals surface area contributed by atoms with E-state index >= 15 is 0 Å². The number of sulfonamides is 1. The van der Waals surface area contributed by atoms with Crippen LogP contribution in [0.2, 0.25) is 0 Å². The number of anilines is 1. The lowest BCUT2D eigenvalue weighted by Gasteiger charge is -2.34. The second-order valence-corrected chi connectivity index (χ2v) is 12.7. The number of methoxy groups -OCH3 is 2. The van der Waals surface area contributed by atoms with Crippen LogP contribution in [0.15, 0.2) is 108 Å². The molecule has 1 N–H and O–H groups in total. The van der Waals surface area contributed by atoms with Crippen molar-refractivity contribution in [3.8, 4) is 11.5 Å². The second kappa shape index (κ2) is 16.6. The SMILES string of the molecule is CCCCNC(=O)[C@@H](Cc1ccccc1)N(Cc1ccc(F)cc1)C(=O)CN(c1ccccc1OC)S(=O)(=O)c1ccc(OC)cc1. The van der Waals surface area contributed by atoms with E-state index < -0.39 is 34.3 Å². The highest BCUT2D eigenvalue weighted by molar-refractivity contribution is 7.92. The van der Waals surface area contributed by atoms with Gasteiger partial charge in [-0.1, -0.05) is 67.9 Å². The van der Waals surface area contributed by atoms with Crippen molar-refractivity contribution in [2.75, 3.05) is 31.6 Å². The lowest BCUT2D eigenvalue weighted by Crippen LogP contribution is -2.53. The van der Waals surface area contributed by atoms with Gasteiger partial charge in [0.2, 0.25) is 11.8 Å². The molecule has 11 heteroatoms. The highest BCUT2D eigenvalue weighted by atomic mass is 32.2. The van der Waals surface area contributed by atoms with Gasteiger partial charge in [-0.05, 0) is 66.1 Å². The summed E-state index contributed by atoms with van der Waals surface area (Å²) in [6.45, 7) is 1.70. The number of nitrogens with one attached hydrogen (secondary N) is 1. The Balaban J connectivity index is 1.81. The van der Waals surface area contributed by atoms with E-state index in [2.05, 4.69) is 5.32 Å². The van der Waals surface area contributed by atoms with Crippen LogP contribution in [0.5, 0.6) is 11.5 Å². The van der Waals surface area contributed by atoms with Crippen LogP contribution in [0.4, 0.5) is 10.1 Å². The van der Waals surface area contributed by atoms with Crippen molar-refractivity contribution in [2.45, 2.75) is 43.7 Å². The van der Waals surface area contributed by atoms with Gasteiger partial charge >= 0.3 is 0 Å². The third kappa shape index (κ3) is 9.10. The fourth-order valence-corrected chi connectivity index (χ4v) is 6.50. The van der Waals surface area contributed by atoms with Crippen LogP contribution in [0.1, 0.15) is 30.9 Å². The number of carbonyl (C=O) groups is 2. The summed E-state index contributed by atoms with van der Waals surface area (Å²) in [5, 5.41) is 2.95. The molecule has 47 heavy (non-hydrogen) atoms. The number of nitrogens with zero attached hydrogens (tertiary/aromatic N) is 2. The summed E-state index contributed by atoms with van der Waals surface area (Å²) >= 11 is 0. The molecule has 248 valence electrons. The van der Waals surface area contributed by atoms with E-state index in [-0.39, 0.29) is 35.2 Å². The minimum atomic E-state index is -4.34. The van der Waals surface area contributed by atoms with Crippen LogP contribution < -0.4 is 19.1 Å². The smallest absolute Gasteiger partial charge is 0.264 e. The number of carbonyl (C=O) groups excluding carboxylic acids is 2. The standard InChI is InChI=1S/C36H40FN3O6S/c1-4-5-23-38-36(42)33(24-27-11-7-6-8-12-27)39(25-28-15-17-29(37)18-16-28)35(41)26-40(32-13-9-10-14-34(32)46-3)47(43,44)31-21-19-30(45-2)20-22-31/h6-22,33H,4-5,23-26H2,1-3H3,(H,38,42)/t33-/m1/s1. The van der Waals surface area contributed by atoms with E-state index in [1.165, 1.54) is 67.7 Å². The predicted octanol–water partition coefficient (Wildman–Crippen LogP) is 5.59. The topological polar surface area (TPSA) is 105 Å². The molecule has 1 atom stereocenters. The predicted molar refractivity (Wildman–Crippen MR) is 179 cm³/mol. The number of hydrogen-bond acceptors (Lipinski definition) is 6. The molecule has 0 aliphatic carbocycles. The number of hydrogen-bond donors (Lipinski definition) is 1. The van der Waals surface area contributed by atoms with Gasteiger partial charge in [0.15, 0.2) is 0 Å². The van der Waals surface area contributed by atoms with Crippen molar-refractivity contribution >= 4 is 27.5 Å². The maximum atomic E-state index is 14.5. The summed E-state index contributed by atoms with van der Waals surface area (Å²) < 4.78 is 54.1. The number of ether oxygens (including phenoxy) is 2. The fraction of sp³-hybridized carbons (Fsp3) is 0.278. The largest absolute Gasteiger partial charge is 0.497 e. The molecule has 0 saturated carbocycles. The molecule has 9 nitrogen and oxygen atoms in total. The zero-order valence-corrected chi connectivity index (χ0v) is 27.6. The van der Waals surface area contributed by atoms with Gasteiger partial charge in [0.1, 0.15) is 29.9 Å². The molecule has 0 radical (unpaired) electrons. The lowest BCUT2D eigenvalue weighted by atomic mass is 10.0. The van der Waals surface area contributed by atoms with Gasteiger partial charge < -0.3 is 19.7 Å². The number of rotatable bonds is 16. The summed E-state index contributed by atoms with van der Waals surface area (Å²) in [5.41, 5.74) is 1.53. The first-order valence-corrected chi connectivity index (χ1v) is 16.8. The Morgan fingerprint density at radius 2 is 1.49 bits per heavy atom. The zero-order valence-electron chi connectivity index (χ0n) is 26.8. The molecule has 4 aromatic carbocycles. The van der Waals surface area contributed by atoms with Crippen molar-refractivity contribution in [3.05, 3.63) is 120 Å². The Hall–Kier alpha value is -4.90. The molecule has 4 aromatic rings. The first-order valence-electron chi connectivity index (χ1n) is 15.3. The number of amides is 2. The van der Waals surface area contributed by atoms with Crippen LogP contribution in [-0.2, 0) is 32.6 Å². The van der Waals surface area contributed by atoms with Crippen LogP contribution in [-0.4, -0.2) is 58.5 Å². The van der Waals surface area contributed by atoms with Crippen molar-refractivity contribution in [2.24, 2.45) is 0 Å². The molecule has 0 unspecified atom stereocenters. The molecule has 0 spiro atoms. The minimum absolute atomic E-state index is 0.0692. The van der Waals surface area contributed by atoms with Crippen LogP contribution in [0.3, 0.4) is 0 Å². The van der Waals surface area contributed by atoms with E-state index in [1.54, 1.807) is 24.3 Å². The highest BCUT2D eigenvalue weighted by Gasteiger charge is 2.35. The Morgan fingerprint density at radius 3 is 2.13 bits per heavy atom. The molecule has 2 amide bonds. The molecular weight excluding hydrogens is 621 g/mol. The van der Waals surface area contributed by atoms with E-state index in [0.29, 0.717) is 17.9 Å².